The minimum Gasteiger partial charge on any atom is -0.379 e. The lowest BCUT2D eigenvalue weighted by molar-refractivity contribution is -0.170. The first-order valence-corrected chi connectivity index (χ1v) is 6.40. The summed E-state index contributed by atoms with van der Waals surface area (Å²) in [6.45, 7) is 9.68. The van der Waals surface area contributed by atoms with Crippen molar-refractivity contribution >= 4 is 5.91 Å². The maximum atomic E-state index is 12.2. The summed E-state index contributed by atoms with van der Waals surface area (Å²) in [5.74, 6) is 1.86. The van der Waals surface area contributed by atoms with Gasteiger partial charge in [0, 0.05) is 13.1 Å². The summed E-state index contributed by atoms with van der Waals surface area (Å²) in [6, 6.07) is 0. The first kappa shape index (κ1) is 11.9. The summed E-state index contributed by atoms with van der Waals surface area (Å²) >= 11 is 0. The Hall–Kier alpha value is -0.570. The number of hydrogen-bond donors (Lipinski definition) is 0. The number of carbonyl (C=O) groups excluding carboxylic acids is 1. The number of amides is 1. The van der Waals surface area contributed by atoms with Crippen LogP contribution in [0.25, 0.3) is 0 Å². The third-order valence-corrected chi connectivity index (χ3v) is 4.13. The van der Waals surface area contributed by atoms with E-state index >= 15 is 0 Å². The van der Waals surface area contributed by atoms with Gasteiger partial charge in [0.15, 0.2) is 0 Å². The first-order chi connectivity index (χ1) is 7.53. The maximum absolute atomic E-state index is 12.2. The van der Waals surface area contributed by atoms with Gasteiger partial charge in [-0.1, -0.05) is 13.8 Å². The Balaban J connectivity index is 1.87. The van der Waals surface area contributed by atoms with Crippen molar-refractivity contribution in [2.75, 3.05) is 26.3 Å². The summed E-state index contributed by atoms with van der Waals surface area (Å²) < 4.78 is 5.16. The average Bonchev–Trinajstić information content (AvgIpc) is 2.25. The number of likely N-dealkylation sites (tertiary alicyclic amines) is 1. The Bertz CT molecular complexity index is 263. The Morgan fingerprint density at radius 3 is 2.25 bits per heavy atom. The van der Waals surface area contributed by atoms with Crippen LogP contribution in [0.1, 0.15) is 33.6 Å². The van der Waals surface area contributed by atoms with E-state index < -0.39 is 0 Å². The number of carbonyl (C=O) groups is 1. The third kappa shape index (κ3) is 2.10. The van der Waals surface area contributed by atoms with Gasteiger partial charge in [0.25, 0.3) is 0 Å². The molecule has 2 aliphatic rings. The molecule has 0 unspecified atom stereocenters. The van der Waals surface area contributed by atoms with Gasteiger partial charge < -0.3 is 9.64 Å². The Morgan fingerprint density at radius 2 is 1.88 bits per heavy atom. The van der Waals surface area contributed by atoms with Crippen molar-refractivity contribution in [2.24, 2.45) is 17.3 Å². The fourth-order valence-electron chi connectivity index (χ4n) is 2.68. The van der Waals surface area contributed by atoms with Crippen LogP contribution in [0.3, 0.4) is 0 Å². The topological polar surface area (TPSA) is 29.5 Å². The Labute approximate surface area is 98.1 Å². The molecule has 0 spiro atoms. The number of ether oxygens (including phenoxy) is 1. The van der Waals surface area contributed by atoms with Crippen LogP contribution in [0.15, 0.2) is 0 Å². The highest BCUT2D eigenvalue weighted by Crippen LogP contribution is 2.32. The molecule has 0 saturated carbocycles. The second-order valence-corrected chi connectivity index (χ2v) is 5.93. The molecule has 0 radical (unpaired) electrons. The summed E-state index contributed by atoms with van der Waals surface area (Å²) in [5, 5.41) is 0. The van der Waals surface area contributed by atoms with E-state index in [1.807, 2.05) is 11.8 Å². The van der Waals surface area contributed by atoms with Crippen LogP contribution in [0.2, 0.25) is 0 Å². The van der Waals surface area contributed by atoms with Crippen molar-refractivity contribution in [1.82, 2.24) is 4.90 Å². The van der Waals surface area contributed by atoms with Gasteiger partial charge in [-0.05, 0) is 31.6 Å². The van der Waals surface area contributed by atoms with Gasteiger partial charge in [-0.3, -0.25) is 4.79 Å². The van der Waals surface area contributed by atoms with Crippen LogP contribution < -0.4 is 0 Å². The van der Waals surface area contributed by atoms with E-state index in [2.05, 4.69) is 13.8 Å². The largest absolute Gasteiger partial charge is 0.379 e. The van der Waals surface area contributed by atoms with Crippen molar-refractivity contribution in [3.05, 3.63) is 0 Å². The standard InChI is InChI=1S/C13H23NO2/c1-10(2)11-4-6-14(7-5-11)12(15)13(3)8-16-9-13/h10-11H,4-9H2,1-3H3. The van der Waals surface area contributed by atoms with Gasteiger partial charge in [-0.15, -0.1) is 0 Å². The molecule has 0 aliphatic carbocycles. The molecule has 0 atom stereocenters. The fraction of sp³-hybridized carbons (Fsp3) is 0.923. The highest BCUT2D eigenvalue weighted by atomic mass is 16.5. The minimum absolute atomic E-state index is 0.218. The molecule has 2 saturated heterocycles. The summed E-state index contributed by atoms with van der Waals surface area (Å²) in [5.41, 5.74) is -0.218. The molecule has 0 aromatic carbocycles. The quantitative estimate of drug-likeness (QED) is 0.718. The van der Waals surface area contributed by atoms with Gasteiger partial charge in [0.05, 0.1) is 18.6 Å². The average molecular weight is 225 g/mol. The molecule has 0 aromatic rings. The lowest BCUT2D eigenvalue weighted by Crippen LogP contribution is -2.55. The predicted octanol–water partition coefficient (Wildman–Crippen LogP) is 1.92. The Morgan fingerprint density at radius 1 is 1.31 bits per heavy atom. The molecule has 0 aromatic heterocycles. The maximum Gasteiger partial charge on any atom is 0.233 e. The van der Waals surface area contributed by atoms with Gasteiger partial charge in [-0.25, -0.2) is 0 Å². The number of piperidine rings is 1. The molecular weight excluding hydrogens is 202 g/mol. The molecule has 0 N–H and O–H groups in total. The smallest absolute Gasteiger partial charge is 0.233 e. The third-order valence-electron chi connectivity index (χ3n) is 4.13. The molecule has 3 nitrogen and oxygen atoms in total. The second-order valence-electron chi connectivity index (χ2n) is 5.93. The molecule has 0 bridgehead atoms. The molecule has 3 heteroatoms. The molecule has 2 aliphatic heterocycles. The lowest BCUT2D eigenvalue weighted by Gasteiger charge is -2.43. The SMILES string of the molecule is CC(C)C1CCN(C(=O)C2(C)COC2)CC1. The zero-order chi connectivity index (χ0) is 11.8. The molecule has 2 fully saturated rings. The lowest BCUT2D eigenvalue weighted by atomic mass is 9.83. The van der Waals surface area contributed by atoms with Crippen LogP contribution in [-0.4, -0.2) is 37.1 Å². The van der Waals surface area contributed by atoms with E-state index in [1.54, 1.807) is 0 Å². The van der Waals surface area contributed by atoms with Crippen molar-refractivity contribution in [3.63, 3.8) is 0 Å². The summed E-state index contributed by atoms with van der Waals surface area (Å²) in [4.78, 5) is 14.3. The number of rotatable bonds is 2. The van der Waals surface area contributed by atoms with Gasteiger partial charge in [-0.2, -0.15) is 0 Å². The zero-order valence-electron chi connectivity index (χ0n) is 10.7. The molecule has 1 amide bonds. The summed E-state index contributed by atoms with van der Waals surface area (Å²) in [7, 11) is 0. The van der Waals surface area contributed by atoms with E-state index in [4.69, 9.17) is 4.74 Å². The van der Waals surface area contributed by atoms with Crippen molar-refractivity contribution in [1.29, 1.82) is 0 Å². The normalized spacial score (nSPS) is 25.6. The van der Waals surface area contributed by atoms with E-state index in [0.717, 1.165) is 24.9 Å². The second kappa shape index (κ2) is 4.36. The zero-order valence-corrected chi connectivity index (χ0v) is 10.7. The number of nitrogens with zero attached hydrogens (tertiary/aromatic N) is 1. The molecule has 92 valence electrons. The first-order valence-electron chi connectivity index (χ1n) is 6.40. The highest BCUT2D eigenvalue weighted by Gasteiger charge is 2.44. The van der Waals surface area contributed by atoms with Crippen LogP contribution in [0, 0.1) is 17.3 Å². The van der Waals surface area contributed by atoms with E-state index in [0.29, 0.717) is 19.1 Å². The van der Waals surface area contributed by atoms with E-state index in [9.17, 15) is 4.79 Å². The summed E-state index contributed by atoms with van der Waals surface area (Å²) in [6.07, 6.45) is 2.33. The van der Waals surface area contributed by atoms with Crippen molar-refractivity contribution < 1.29 is 9.53 Å². The van der Waals surface area contributed by atoms with Gasteiger partial charge in [0.2, 0.25) is 5.91 Å². The van der Waals surface area contributed by atoms with Crippen molar-refractivity contribution in [3.8, 4) is 0 Å². The van der Waals surface area contributed by atoms with Crippen molar-refractivity contribution in [2.45, 2.75) is 33.6 Å². The fourth-order valence-corrected chi connectivity index (χ4v) is 2.68. The predicted molar refractivity (Wildman–Crippen MR) is 63.1 cm³/mol. The van der Waals surface area contributed by atoms with Crippen LogP contribution in [0.5, 0.6) is 0 Å². The monoisotopic (exact) mass is 225 g/mol. The van der Waals surface area contributed by atoms with Gasteiger partial charge >= 0.3 is 0 Å². The van der Waals surface area contributed by atoms with Gasteiger partial charge in [0.1, 0.15) is 0 Å². The minimum atomic E-state index is -0.218. The Kier molecular flexibility index (Phi) is 3.24. The van der Waals surface area contributed by atoms with E-state index in [1.165, 1.54) is 12.8 Å². The van der Waals surface area contributed by atoms with E-state index in [-0.39, 0.29) is 5.41 Å². The number of hydrogen-bond acceptors (Lipinski definition) is 2. The van der Waals surface area contributed by atoms with Crippen LogP contribution in [0.4, 0.5) is 0 Å². The molecular formula is C13H23NO2. The molecule has 16 heavy (non-hydrogen) atoms. The van der Waals surface area contributed by atoms with Crippen LogP contribution >= 0.6 is 0 Å². The molecule has 2 rings (SSSR count). The highest BCUT2D eigenvalue weighted by molar-refractivity contribution is 5.83. The molecule has 2 heterocycles. The van der Waals surface area contributed by atoms with Crippen LogP contribution in [-0.2, 0) is 9.53 Å².